The zero-order valence-electron chi connectivity index (χ0n) is 15.3. The van der Waals surface area contributed by atoms with Gasteiger partial charge in [0.05, 0.1) is 6.54 Å². The van der Waals surface area contributed by atoms with Gasteiger partial charge in [0.25, 0.3) is 0 Å². The number of likely N-dealkylation sites (tertiary alicyclic amines) is 1. The first-order valence-corrected chi connectivity index (χ1v) is 10.6. The Labute approximate surface area is 169 Å². The van der Waals surface area contributed by atoms with E-state index in [-0.39, 0.29) is 28.7 Å². The van der Waals surface area contributed by atoms with Crippen molar-refractivity contribution in [3.05, 3.63) is 0 Å². The molecule has 0 amide bonds. The van der Waals surface area contributed by atoms with Gasteiger partial charge in [-0.05, 0) is 50.7 Å². The maximum atomic E-state index is 5.56. The second-order valence-electron chi connectivity index (χ2n) is 7.55. The number of halogens is 1. The highest BCUT2D eigenvalue weighted by Crippen LogP contribution is 2.45. The van der Waals surface area contributed by atoms with E-state index in [1.807, 2.05) is 11.8 Å². The molecule has 2 heterocycles. The molecule has 0 aromatic rings. The van der Waals surface area contributed by atoms with Crippen LogP contribution in [0.15, 0.2) is 4.99 Å². The lowest BCUT2D eigenvalue weighted by Gasteiger charge is -2.35. The molecule has 1 aliphatic carbocycles. The predicted octanol–water partition coefficient (Wildman–Crippen LogP) is 3.75. The van der Waals surface area contributed by atoms with Gasteiger partial charge in [-0.3, -0.25) is 4.99 Å². The summed E-state index contributed by atoms with van der Waals surface area (Å²) in [6.45, 7) is 8.23. The number of hydrogen-bond acceptors (Lipinski definition) is 3. The molecular weight excluding hydrogens is 433 g/mol. The van der Waals surface area contributed by atoms with Crippen LogP contribution < -0.4 is 5.32 Å². The summed E-state index contributed by atoms with van der Waals surface area (Å²) in [6, 6.07) is 0. The van der Waals surface area contributed by atoms with Crippen molar-refractivity contribution < 1.29 is 4.74 Å². The van der Waals surface area contributed by atoms with Crippen LogP contribution in [-0.4, -0.2) is 61.3 Å². The molecule has 6 heteroatoms. The summed E-state index contributed by atoms with van der Waals surface area (Å²) < 4.78 is 5.84. The van der Waals surface area contributed by atoms with Crippen molar-refractivity contribution in [3.63, 3.8) is 0 Å². The highest BCUT2D eigenvalue weighted by molar-refractivity contribution is 14.0. The zero-order chi connectivity index (χ0) is 16.2. The van der Waals surface area contributed by atoms with Gasteiger partial charge < -0.3 is 15.0 Å². The topological polar surface area (TPSA) is 36.9 Å². The van der Waals surface area contributed by atoms with Crippen LogP contribution >= 0.6 is 35.7 Å². The van der Waals surface area contributed by atoms with Crippen molar-refractivity contribution in [1.82, 2.24) is 10.2 Å². The molecule has 0 atom stereocenters. The van der Waals surface area contributed by atoms with Crippen LogP contribution in [-0.2, 0) is 4.74 Å². The minimum absolute atomic E-state index is 0. The van der Waals surface area contributed by atoms with Gasteiger partial charge in [-0.25, -0.2) is 0 Å². The van der Waals surface area contributed by atoms with Gasteiger partial charge >= 0.3 is 0 Å². The zero-order valence-corrected chi connectivity index (χ0v) is 18.5. The molecule has 3 aliphatic rings. The molecule has 0 bridgehead atoms. The van der Waals surface area contributed by atoms with Crippen molar-refractivity contribution >= 4 is 41.7 Å². The van der Waals surface area contributed by atoms with Crippen LogP contribution in [0, 0.1) is 5.41 Å². The number of rotatable bonds is 4. The van der Waals surface area contributed by atoms with Gasteiger partial charge in [0.15, 0.2) is 5.96 Å². The summed E-state index contributed by atoms with van der Waals surface area (Å²) in [4.78, 5) is 7.60. The SMILES string of the molecule is CCNC(=NCC1(SC)CCOCC1)N1CCC2(CCCC2)C1.I. The van der Waals surface area contributed by atoms with E-state index in [4.69, 9.17) is 9.73 Å². The number of thioether (sulfide) groups is 1. The van der Waals surface area contributed by atoms with Gasteiger partial charge in [-0.15, -0.1) is 24.0 Å². The second-order valence-corrected chi connectivity index (χ2v) is 8.82. The van der Waals surface area contributed by atoms with Crippen molar-refractivity contribution in [3.8, 4) is 0 Å². The molecule has 2 aliphatic heterocycles. The standard InChI is InChI=1S/C18H33N3OS.HI/c1-3-19-16(20-14-18(23-2)9-12-22-13-10-18)21-11-8-17(15-21)6-4-5-7-17;/h3-15H2,1-2H3,(H,19,20);1H. The predicted molar refractivity (Wildman–Crippen MR) is 115 cm³/mol. The van der Waals surface area contributed by atoms with Gasteiger partial charge in [0, 0.05) is 37.6 Å². The highest BCUT2D eigenvalue weighted by Gasteiger charge is 2.41. The Balaban J connectivity index is 0.00000208. The first-order chi connectivity index (χ1) is 11.2. The lowest BCUT2D eigenvalue weighted by atomic mass is 9.86. The van der Waals surface area contributed by atoms with E-state index in [1.54, 1.807) is 0 Å². The van der Waals surface area contributed by atoms with E-state index in [1.165, 1.54) is 45.2 Å². The lowest BCUT2D eigenvalue weighted by Crippen LogP contribution is -2.43. The summed E-state index contributed by atoms with van der Waals surface area (Å²) in [5, 5.41) is 3.55. The average molecular weight is 467 g/mol. The molecule has 140 valence electrons. The smallest absolute Gasteiger partial charge is 0.193 e. The van der Waals surface area contributed by atoms with Crippen molar-refractivity contribution in [1.29, 1.82) is 0 Å². The van der Waals surface area contributed by atoms with Gasteiger partial charge in [-0.2, -0.15) is 11.8 Å². The Hall–Kier alpha value is 0.310. The van der Waals surface area contributed by atoms with Gasteiger partial charge in [0.1, 0.15) is 0 Å². The van der Waals surface area contributed by atoms with Crippen LogP contribution in [0.25, 0.3) is 0 Å². The number of guanidine groups is 1. The molecule has 1 spiro atoms. The largest absolute Gasteiger partial charge is 0.381 e. The molecule has 0 unspecified atom stereocenters. The second kappa shape index (κ2) is 9.31. The Morgan fingerprint density at radius 2 is 1.88 bits per heavy atom. The molecule has 3 fully saturated rings. The van der Waals surface area contributed by atoms with E-state index in [9.17, 15) is 0 Å². The molecule has 4 nitrogen and oxygen atoms in total. The fraction of sp³-hybridized carbons (Fsp3) is 0.944. The third-order valence-electron chi connectivity index (χ3n) is 6.09. The molecular formula is C18H34IN3OS. The maximum absolute atomic E-state index is 5.56. The van der Waals surface area contributed by atoms with Crippen molar-refractivity contribution in [2.24, 2.45) is 10.4 Å². The molecule has 2 saturated heterocycles. The Kier molecular flexibility index (Phi) is 8.00. The summed E-state index contributed by atoms with van der Waals surface area (Å²) in [7, 11) is 0. The van der Waals surface area contributed by atoms with E-state index < -0.39 is 0 Å². The van der Waals surface area contributed by atoms with Crippen LogP contribution in [0.2, 0.25) is 0 Å². The molecule has 1 N–H and O–H groups in total. The third-order valence-corrected chi connectivity index (χ3v) is 7.49. The van der Waals surface area contributed by atoms with Crippen LogP contribution in [0.5, 0.6) is 0 Å². The molecule has 3 rings (SSSR count). The van der Waals surface area contributed by atoms with Crippen LogP contribution in [0.1, 0.15) is 51.9 Å². The van der Waals surface area contributed by atoms with Gasteiger partial charge in [-0.1, -0.05) is 12.8 Å². The number of ether oxygens (including phenoxy) is 1. The fourth-order valence-electron chi connectivity index (χ4n) is 4.46. The van der Waals surface area contributed by atoms with Crippen molar-refractivity contribution in [2.45, 2.75) is 56.6 Å². The minimum atomic E-state index is 0. The number of nitrogens with zero attached hydrogens (tertiary/aromatic N) is 2. The number of aliphatic imine (C=N–C) groups is 1. The van der Waals surface area contributed by atoms with Crippen LogP contribution in [0.4, 0.5) is 0 Å². The summed E-state index contributed by atoms with van der Waals surface area (Å²) in [6.07, 6.45) is 11.6. The van der Waals surface area contributed by atoms with E-state index in [0.29, 0.717) is 5.41 Å². The average Bonchev–Trinajstić information content (AvgIpc) is 3.23. The molecule has 0 aromatic heterocycles. The van der Waals surface area contributed by atoms with Gasteiger partial charge in [0.2, 0.25) is 0 Å². The first-order valence-electron chi connectivity index (χ1n) is 9.37. The Bertz CT molecular complexity index is 420. The summed E-state index contributed by atoms with van der Waals surface area (Å²) in [5.41, 5.74) is 0.603. The summed E-state index contributed by atoms with van der Waals surface area (Å²) in [5.74, 6) is 1.15. The monoisotopic (exact) mass is 467 g/mol. The Morgan fingerprint density at radius 3 is 2.50 bits per heavy atom. The highest BCUT2D eigenvalue weighted by atomic mass is 127. The maximum Gasteiger partial charge on any atom is 0.193 e. The normalized spacial score (nSPS) is 25.8. The van der Waals surface area contributed by atoms with E-state index in [0.717, 1.165) is 45.1 Å². The van der Waals surface area contributed by atoms with E-state index >= 15 is 0 Å². The molecule has 1 saturated carbocycles. The fourth-order valence-corrected chi connectivity index (χ4v) is 5.23. The van der Waals surface area contributed by atoms with E-state index in [2.05, 4.69) is 23.4 Å². The summed E-state index contributed by atoms with van der Waals surface area (Å²) >= 11 is 1.98. The number of hydrogen-bond donors (Lipinski definition) is 1. The first kappa shape index (κ1) is 20.6. The molecule has 0 radical (unpaired) electrons. The third kappa shape index (κ3) is 4.72. The van der Waals surface area contributed by atoms with Crippen molar-refractivity contribution in [2.75, 3.05) is 45.6 Å². The van der Waals surface area contributed by atoms with Crippen LogP contribution in [0.3, 0.4) is 0 Å². The number of nitrogens with one attached hydrogen (secondary N) is 1. The lowest BCUT2D eigenvalue weighted by molar-refractivity contribution is 0.0793. The molecule has 24 heavy (non-hydrogen) atoms. The molecule has 0 aromatic carbocycles. The quantitative estimate of drug-likeness (QED) is 0.388. The Morgan fingerprint density at radius 1 is 1.17 bits per heavy atom. The minimum Gasteiger partial charge on any atom is -0.381 e.